The minimum absolute atomic E-state index is 0.885. The Balaban J connectivity index is 2.43. The third-order valence-electron chi connectivity index (χ3n) is 1.74. The number of nitrogens with two attached hydrogens (primary N) is 1. The number of hydrogen-bond donors (Lipinski definition) is 1. The quantitative estimate of drug-likeness (QED) is 0.494. The van der Waals surface area contributed by atoms with Crippen LogP contribution in [0, 0.1) is 0 Å². The highest BCUT2D eigenvalue weighted by molar-refractivity contribution is 8.76. The zero-order valence-corrected chi connectivity index (χ0v) is 7.67. The molecule has 0 aromatic heterocycles. The summed E-state index contributed by atoms with van der Waals surface area (Å²) in [5.41, 5.74) is 9.41. The van der Waals surface area contributed by atoms with Gasteiger partial charge in [-0.3, -0.25) is 0 Å². The Morgan fingerprint density at radius 3 is 2.64 bits per heavy atom. The molecular weight excluding hydrogens is 174 g/mol. The van der Waals surface area contributed by atoms with Gasteiger partial charge in [0.15, 0.2) is 0 Å². The predicted molar refractivity (Wildman–Crippen MR) is 53.4 cm³/mol. The summed E-state index contributed by atoms with van der Waals surface area (Å²) in [5.74, 6) is 2.23. The van der Waals surface area contributed by atoms with Crippen molar-refractivity contribution >= 4 is 27.3 Å². The van der Waals surface area contributed by atoms with Gasteiger partial charge in [-0.05, 0) is 23.3 Å². The van der Waals surface area contributed by atoms with E-state index in [0.29, 0.717) is 0 Å². The average molecular weight is 183 g/mol. The number of hydrogen-bond acceptors (Lipinski definition) is 3. The molecular formula is C8H9NS2. The minimum Gasteiger partial charge on any atom is -0.399 e. The summed E-state index contributed by atoms with van der Waals surface area (Å²) in [5, 5.41) is 0. The average Bonchev–Trinajstić information content (AvgIpc) is 2.04. The highest BCUT2D eigenvalue weighted by atomic mass is 33.1. The number of rotatable bonds is 0. The number of anilines is 1. The minimum atomic E-state index is 0.885. The summed E-state index contributed by atoms with van der Waals surface area (Å²) >= 11 is 0. The molecule has 1 heterocycles. The Kier molecular flexibility index (Phi) is 2.00. The Morgan fingerprint density at radius 1 is 1.09 bits per heavy atom. The molecule has 0 saturated carbocycles. The molecule has 3 heteroatoms. The van der Waals surface area contributed by atoms with Gasteiger partial charge in [0.25, 0.3) is 0 Å². The molecule has 0 saturated heterocycles. The molecule has 0 unspecified atom stereocenters. The second kappa shape index (κ2) is 2.99. The molecule has 1 aliphatic heterocycles. The van der Waals surface area contributed by atoms with E-state index in [9.17, 15) is 0 Å². The first-order valence-electron chi connectivity index (χ1n) is 3.48. The van der Waals surface area contributed by atoms with Crippen LogP contribution < -0.4 is 5.73 Å². The van der Waals surface area contributed by atoms with Crippen LogP contribution >= 0.6 is 21.6 Å². The van der Waals surface area contributed by atoms with Crippen molar-refractivity contribution in [3.63, 3.8) is 0 Å². The predicted octanol–water partition coefficient (Wildman–Crippen LogP) is 2.66. The zero-order chi connectivity index (χ0) is 7.68. The highest BCUT2D eigenvalue weighted by Gasteiger charge is 2.08. The van der Waals surface area contributed by atoms with Gasteiger partial charge in [-0.2, -0.15) is 0 Å². The summed E-state index contributed by atoms with van der Waals surface area (Å²) in [6.07, 6.45) is 0. The van der Waals surface area contributed by atoms with Gasteiger partial charge in [-0.1, -0.05) is 27.7 Å². The molecule has 0 atom stereocenters. The van der Waals surface area contributed by atoms with E-state index in [1.54, 1.807) is 0 Å². The van der Waals surface area contributed by atoms with Gasteiger partial charge in [0.2, 0.25) is 0 Å². The van der Waals surface area contributed by atoms with Crippen LogP contribution in [0.25, 0.3) is 0 Å². The van der Waals surface area contributed by atoms with Crippen molar-refractivity contribution in [2.45, 2.75) is 11.5 Å². The van der Waals surface area contributed by atoms with Crippen molar-refractivity contribution < 1.29 is 0 Å². The Labute approximate surface area is 74.1 Å². The summed E-state index contributed by atoms with van der Waals surface area (Å²) in [7, 11) is 3.83. The number of nitrogen functional groups attached to an aromatic ring is 1. The van der Waals surface area contributed by atoms with E-state index >= 15 is 0 Å². The normalized spacial score (nSPS) is 16.0. The number of benzene rings is 1. The van der Waals surface area contributed by atoms with E-state index in [2.05, 4.69) is 12.1 Å². The second-order valence-electron chi connectivity index (χ2n) is 2.55. The van der Waals surface area contributed by atoms with Crippen LogP contribution in [0.4, 0.5) is 5.69 Å². The van der Waals surface area contributed by atoms with E-state index in [1.165, 1.54) is 11.1 Å². The highest BCUT2D eigenvalue weighted by Crippen LogP contribution is 2.37. The maximum absolute atomic E-state index is 5.67. The fourth-order valence-corrected chi connectivity index (χ4v) is 3.36. The van der Waals surface area contributed by atoms with E-state index in [-0.39, 0.29) is 0 Å². The lowest BCUT2D eigenvalue weighted by Crippen LogP contribution is -1.96. The molecule has 0 bridgehead atoms. The largest absolute Gasteiger partial charge is 0.399 e. The zero-order valence-electron chi connectivity index (χ0n) is 6.04. The van der Waals surface area contributed by atoms with Gasteiger partial charge in [0, 0.05) is 17.2 Å². The van der Waals surface area contributed by atoms with E-state index < -0.39 is 0 Å². The molecule has 0 aliphatic carbocycles. The standard InChI is InChI=1S/C8H9NS2/c9-8-2-1-6-4-10-11-5-7(6)3-8/h1-3H,4-5,9H2. The molecule has 11 heavy (non-hydrogen) atoms. The Bertz CT molecular complexity index is 273. The van der Waals surface area contributed by atoms with Crippen LogP contribution in [0.15, 0.2) is 18.2 Å². The van der Waals surface area contributed by atoms with Gasteiger partial charge in [-0.25, -0.2) is 0 Å². The molecule has 1 aliphatic rings. The first-order chi connectivity index (χ1) is 5.36. The van der Waals surface area contributed by atoms with E-state index in [1.807, 2.05) is 27.7 Å². The van der Waals surface area contributed by atoms with Crippen LogP contribution in [-0.4, -0.2) is 0 Å². The van der Waals surface area contributed by atoms with Crippen LogP contribution in [0.3, 0.4) is 0 Å². The van der Waals surface area contributed by atoms with Gasteiger partial charge in [-0.15, -0.1) is 0 Å². The van der Waals surface area contributed by atoms with E-state index in [4.69, 9.17) is 5.73 Å². The van der Waals surface area contributed by atoms with E-state index in [0.717, 1.165) is 17.2 Å². The second-order valence-corrected chi connectivity index (χ2v) is 5.02. The van der Waals surface area contributed by atoms with Gasteiger partial charge >= 0.3 is 0 Å². The molecule has 58 valence electrons. The van der Waals surface area contributed by atoms with Crippen LogP contribution in [0.1, 0.15) is 11.1 Å². The lowest BCUT2D eigenvalue weighted by molar-refractivity contribution is 1.28. The summed E-state index contributed by atoms with van der Waals surface area (Å²) in [6.45, 7) is 0. The molecule has 0 fully saturated rings. The first-order valence-corrected chi connectivity index (χ1v) is 5.97. The monoisotopic (exact) mass is 183 g/mol. The Hall–Kier alpha value is -0.280. The molecule has 0 amide bonds. The van der Waals surface area contributed by atoms with Crippen molar-refractivity contribution in [1.82, 2.24) is 0 Å². The van der Waals surface area contributed by atoms with Gasteiger partial charge in [0.1, 0.15) is 0 Å². The van der Waals surface area contributed by atoms with Crippen molar-refractivity contribution in [3.05, 3.63) is 29.3 Å². The summed E-state index contributed by atoms with van der Waals surface area (Å²) < 4.78 is 0. The van der Waals surface area contributed by atoms with Gasteiger partial charge in [0.05, 0.1) is 0 Å². The molecule has 1 aromatic carbocycles. The first kappa shape index (κ1) is 7.37. The molecule has 0 spiro atoms. The van der Waals surface area contributed by atoms with Crippen molar-refractivity contribution in [1.29, 1.82) is 0 Å². The Morgan fingerprint density at radius 2 is 1.82 bits per heavy atom. The number of fused-ring (bicyclic) bond motifs is 1. The molecule has 2 N–H and O–H groups in total. The molecule has 1 nitrogen and oxygen atoms in total. The third-order valence-corrected chi connectivity index (χ3v) is 3.97. The fourth-order valence-electron chi connectivity index (χ4n) is 1.13. The lowest BCUT2D eigenvalue weighted by atomic mass is 10.1. The summed E-state index contributed by atoms with van der Waals surface area (Å²) in [6, 6.07) is 6.20. The van der Waals surface area contributed by atoms with Crippen molar-refractivity contribution in [2.75, 3.05) is 5.73 Å². The molecule has 0 radical (unpaired) electrons. The fraction of sp³-hybridized carbons (Fsp3) is 0.250. The smallest absolute Gasteiger partial charge is 0.0317 e. The lowest BCUT2D eigenvalue weighted by Gasteiger charge is -2.14. The SMILES string of the molecule is Nc1ccc2c(c1)CSSC2. The maximum atomic E-state index is 5.67. The third kappa shape index (κ3) is 1.49. The van der Waals surface area contributed by atoms with Gasteiger partial charge < -0.3 is 5.73 Å². The summed E-state index contributed by atoms with van der Waals surface area (Å²) in [4.78, 5) is 0. The molecule has 1 aromatic rings. The molecule has 2 rings (SSSR count). The van der Waals surface area contributed by atoms with Crippen LogP contribution in [-0.2, 0) is 11.5 Å². The maximum Gasteiger partial charge on any atom is 0.0317 e. The van der Waals surface area contributed by atoms with Crippen molar-refractivity contribution in [3.8, 4) is 0 Å². The van der Waals surface area contributed by atoms with Crippen LogP contribution in [0.5, 0.6) is 0 Å². The van der Waals surface area contributed by atoms with Crippen LogP contribution in [0.2, 0.25) is 0 Å². The van der Waals surface area contributed by atoms with Crippen molar-refractivity contribution in [2.24, 2.45) is 0 Å². The topological polar surface area (TPSA) is 26.0 Å².